The fourth-order valence-corrected chi connectivity index (χ4v) is 2.61. The first-order chi connectivity index (χ1) is 9.98. The lowest BCUT2D eigenvalue weighted by atomic mass is 9.94. The van der Waals surface area contributed by atoms with E-state index in [1.165, 1.54) is 12.3 Å². The Balaban J connectivity index is 1.89. The number of aromatic amines is 1. The van der Waals surface area contributed by atoms with Crippen LogP contribution in [0.15, 0.2) is 21.9 Å². The zero-order valence-electron chi connectivity index (χ0n) is 11.9. The van der Waals surface area contributed by atoms with Crippen molar-refractivity contribution in [2.45, 2.75) is 50.7 Å². The van der Waals surface area contributed by atoms with E-state index in [2.05, 4.69) is 10.3 Å². The van der Waals surface area contributed by atoms with Gasteiger partial charge in [-0.2, -0.15) is 0 Å². The molecule has 0 bridgehead atoms. The third kappa shape index (κ3) is 4.56. The Morgan fingerprint density at radius 3 is 2.57 bits per heavy atom. The van der Waals surface area contributed by atoms with Gasteiger partial charge in [0.25, 0.3) is 5.56 Å². The van der Waals surface area contributed by atoms with Crippen LogP contribution in [0.1, 0.15) is 38.5 Å². The van der Waals surface area contributed by atoms with Gasteiger partial charge in [0, 0.05) is 18.8 Å². The van der Waals surface area contributed by atoms with Crippen LogP contribution < -0.4 is 16.6 Å². The number of rotatable bonds is 4. The van der Waals surface area contributed by atoms with Gasteiger partial charge in [-0.15, -0.1) is 0 Å². The van der Waals surface area contributed by atoms with Gasteiger partial charge in [0.15, 0.2) is 0 Å². The van der Waals surface area contributed by atoms with Crippen molar-refractivity contribution in [2.24, 2.45) is 0 Å². The second kappa shape index (κ2) is 6.71. The number of hydrogen-bond acceptors (Lipinski definition) is 4. The quantitative estimate of drug-likeness (QED) is 0.666. The molecule has 0 aliphatic heterocycles. The van der Waals surface area contributed by atoms with Crippen LogP contribution >= 0.6 is 0 Å². The van der Waals surface area contributed by atoms with E-state index < -0.39 is 16.9 Å². The fourth-order valence-electron chi connectivity index (χ4n) is 2.61. The minimum Gasteiger partial charge on any atom is -0.388 e. The van der Waals surface area contributed by atoms with Gasteiger partial charge >= 0.3 is 5.69 Å². The molecule has 1 amide bonds. The van der Waals surface area contributed by atoms with Crippen molar-refractivity contribution < 1.29 is 9.90 Å². The molecule has 116 valence electrons. The molecule has 0 unspecified atom stereocenters. The summed E-state index contributed by atoms with van der Waals surface area (Å²) in [6.07, 6.45) is 6.81. The van der Waals surface area contributed by atoms with Crippen LogP contribution in [0.4, 0.5) is 0 Å². The van der Waals surface area contributed by atoms with Crippen LogP contribution in [0.5, 0.6) is 0 Å². The Hall–Kier alpha value is -1.89. The lowest BCUT2D eigenvalue weighted by molar-refractivity contribution is -0.123. The molecule has 1 aliphatic carbocycles. The smallest absolute Gasteiger partial charge is 0.328 e. The molecule has 2 rings (SSSR count). The van der Waals surface area contributed by atoms with Gasteiger partial charge in [-0.05, 0) is 12.8 Å². The third-order valence-electron chi connectivity index (χ3n) is 3.86. The zero-order valence-corrected chi connectivity index (χ0v) is 11.9. The summed E-state index contributed by atoms with van der Waals surface area (Å²) in [6, 6.07) is 1.19. The van der Waals surface area contributed by atoms with Gasteiger partial charge in [0.05, 0.1) is 5.60 Å². The van der Waals surface area contributed by atoms with E-state index in [4.69, 9.17) is 0 Å². The van der Waals surface area contributed by atoms with E-state index in [0.717, 1.165) is 30.3 Å². The molecular formula is C14H21N3O4. The predicted octanol–water partition coefficient (Wildman–Crippen LogP) is -0.262. The van der Waals surface area contributed by atoms with E-state index in [0.29, 0.717) is 12.8 Å². The lowest BCUT2D eigenvalue weighted by Gasteiger charge is -2.26. The van der Waals surface area contributed by atoms with Gasteiger partial charge in [-0.1, -0.05) is 25.7 Å². The highest BCUT2D eigenvalue weighted by Gasteiger charge is 2.28. The molecule has 1 heterocycles. The second-order valence-electron chi connectivity index (χ2n) is 5.65. The van der Waals surface area contributed by atoms with E-state index in [-0.39, 0.29) is 19.0 Å². The van der Waals surface area contributed by atoms with E-state index in [1.807, 2.05) is 0 Å². The maximum atomic E-state index is 11.8. The predicted molar refractivity (Wildman–Crippen MR) is 77.0 cm³/mol. The van der Waals surface area contributed by atoms with E-state index in [1.54, 1.807) is 0 Å². The Morgan fingerprint density at radius 2 is 1.95 bits per heavy atom. The minimum atomic E-state index is -0.845. The molecule has 21 heavy (non-hydrogen) atoms. The zero-order chi connectivity index (χ0) is 15.3. The maximum Gasteiger partial charge on any atom is 0.328 e. The molecule has 1 aromatic heterocycles. The van der Waals surface area contributed by atoms with Gasteiger partial charge in [0.1, 0.15) is 6.54 Å². The highest BCUT2D eigenvalue weighted by Crippen LogP contribution is 2.26. The SMILES string of the molecule is O=C(Cn1ccc(=O)[nH]c1=O)NCC1(O)CCCCCC1. The Morgan fingerprint density at radius 1 is 1.29 bits per heavy atom. The van der Waals surface area contributed by atoms with Crippen molar-refractivity contribution in [3.05, 3.63) is 33.1 Å². The lowest BCUT2D eigenvalue weighted by Crippen LogP contribution is -2.44. The molecule has 3 N–H and O–H groups in total. The molecule has 0 spiro atoms. The number of hydrogen-bond donors (Lipinski definition) is 3. The average molecular weight is 295 g/mol. The number of aliphatic hydroxyl groups is 1. The monoisotopic (exact) mass is 295 g/mol. The van der Waals surface area contributed by atoms with Gasteiger partial charge in [0.2, 0.25) is 5.91 Å². The van der Waals surface area contributed by atoms with Crippen LogP contribution in [-0.2, 0) is 11.3 Å². The standard InChI is InChI=1S/C14H21N3O4/c18-11-5-8-17(13(20)16-11)9-12(19)15-10-14(21)6-3-1-2-4-7-14/h5,8,21H,1-4,6-7,9-10H2,(H,15,19)(H,16,18,20). The normalized spacial score (nSPS) is 18.0. The number of H-pyrrole nitrogens is 1. The van der Waals surface area contributed by atoms with Crippen LogP contribution in [0.2, 0.25) is 0 Å². The summed E-state index contributed by atoms with van der Waals surface area (Å²) in [5, 5.41) is 13.1. The maximum absolute atomic E-state index is 11.8. The number of carbonyl (C=O) groups is 1. The molecule has 0 radical (unpaired) electrons. The van der Waals surface area contributed by atoms with E-state index >= 15 is 0 Å². The van der Waals surface area contributed by atoms with Gasteiger partial charge < -0.3 is 10.4 Å². The Labute approximate surface area is 122 Å². The highest BCUT2D eigenvalue weighted by molar-refractivity contribution is 5.75. The molecular weight excluding hydrogens is 274 g/mol. The average Bonchev–Trinajstić information content (AvgIpc) is 2.65. The van der Waals surface area contributed by atoms with Crippen molar-refractivity contribution in [3.8, 4) is 0 Å². The van der Waals surface area contributed by atoms with Crippen molar-refractivity contribution in [2.75, 3.05) is 6.54 Å². The summed E-state index contributed by atoms with van der Waals surface area (Å²) in [7, 11) is 0. The first kappa shape index (κ1) is 15.5. The van der Waals surface area contributed by atoms with Crippen molar-refractivity contribution in [1.29, 1.82) is 0 Å². The minimum absolute atomic E-state index is 0.175. The second-order valence-corrected chi connectivity index (χ2v) is 5.65. The first-order valence-corrected chi connectivity index (χ1v) is 7.27. The molecule has 7 heteroatoms. The first-order valence-electron chi connectivity index (χ1n) is 7.27. The van der Waals surface area contributed by atoms with Crippen LogP contribution in [-0.4, -0.2) is 32.7 Å². The highest BCUT2D eigenvalue weighted by atomic mass is 16.3. The summed E-state index contributed by atoms with van der Waals surface area (Å²) < 4.78 is 1.12. The van der Waals surface area contributed by atoms with Crippen LogP contribution in [0, 0.1) is 0 Å². The van der Waals surface area contributed by atoms with Crippen molar-refractivity contribution in [3.63, 3.8) is 0 Å². The van der Waals surface area contributed by atoms with Gasteiger partial charge in [-0.25, -0.2) is 4.79 Å². The fraction of sp³-hybridized carbons (Fsp3) is 0.643. The number of amides is 1. The largest absolute Gasteiger partial charge is 0.388 e. The molecule has 1 aromatic rings. The molecule has 1 saturated carbocycles. The molecule has 1 aliphatic rings. The summed E-state index contributed by atoms with van der Waals surface area (Å²) in [5.74, 6) is -0.359. The number of aromatic nitrogens is 2. The Bertz CT molecular complexity index is 597. The van der Waals surface area contributed by atoms with Crippen LogP contribution in [0.3, 0.4) is 0 Å². The number of nitrogens with zero attached hydrogens (tertiary/aromatic N) is 1. The van der Waals surface area contributed by atoms with Crippen LogP contribution in [0.25, 0.3) is 0 Å². The molecule has 1 fully saturated rings. The molecule has 0 saturated heterocycles. The molecule has 0 aromatic carbocycles. The summed E-state index contributed by atoms with van der Waals surface area (Å²) in [6.45, 7) is 0.0234. The third-order valence-corrected chi connectivity index (χ3v) is 3.86. The Kier molecular flexibility index (Phi) is 4.95. The van der Waals surface area contributed by atoms with E-state index in [9.17, 15) is 19.5 Å². The summed E-state index contributed by atoms with van der Waals surface area (Å²) >= 11 is 0. The van der Waals surface area contributed by atoms with Crippen molar-refractivity contribution in [1.82, 2.24) is 14.9 Å². The number of carbonyl (C=O) groups excluding carboxylic acids is 1. The molecule has 0 atom stereocenters. The summed E-state index contributed by atoms with van der Waals surface area (Å²) in [5.41, 5.74) is -1.96. The molecule has 7 nitrogen and oxygen atoms in total. The summed E-state index contributed by atoms with van der Waals surface area (Å²) in [4.78, 5) is 36.3. The van der Waals surface area contributed by atoms with Crippen molar-refractivity contribution >= 4 is 5.91 Å². The topological polar surface area (TPSA) is 104 Å². The number of nitrogens with one attached hydrogen (secondary N) is 2. The van der Waals surface area contributed by atoms with Gasteiger partial charge in [-0.3, -0.25) is 19.1 Å².